The summed E-state index contributed by atoms with van der Waals surface area (Å²) >= 11 is 0. The van der Waals surface area contributed by atoms with Crippen LogP contribution in [0.2, 0.25) is 0 Å². The molecule has 2 rings (SSSR count). The van der Waals surface area contributed by atoms with E-state index in [1.54, 1.807) is 18.8 Å². The quantitative estimate of drug-likeness (QED) is 0.806. The van der Waals surface area contributed by atoms with Gasteiger partial charge in [0.25, 0.3) is 0 Å². The Morgan fingerprint density at radius 2 is 2.47 bits per heavy atom. The van der Waals surface area contributed by atoms with Gasteiger partial charge in [-0.25, -0.2) is 4.98 Å². The van der Waals surface area contributed by atoms with E-state index in [1.165, 1.54) is 5.56 Å². The first-order chi connectivity index (χ1) is 7.40. The minimum absolute atomic E-state index is 0.744. The van der Waals surface area contributed by atoms with Crippen LogP contribution in [0.1, 0.15) is 18.2 Å². The van der Waals surface area contributed by atoms with E-state index in [9.17, 15) is 0 Å². The molecule has 4 nitrogen and oxygen atoms in total. The summed E-state index contributed by atoms with van der Waals surface area (Å²) in [6, 6.07) is 2.01. The van der Waals surface area contributed by atoms with Gasteiger partial charge < -0.3 is 14.3 Å². The van der Waals surface area contributed by atoms with E-state index < -0.39 is 0 Å². The lowest BCUT2D eigenvalue weighted by Gasteiger charge is -2.03. The Bertz CT molecular complexity index is 392. The molecule has 80 valence electrons. The fourth-order valence-electron chi connectivity index (χ4n) is 1.47. The number of rotatable bonds is 5. The first kappa shape index (κ1) is 9.98. The minimum Gasteiger partial charge on any atom is -0.467 e. The number of nitrogens with one attached hydrogen (secondary N) is 1. The van der Waals surface area contributed by atoms with Crippen molar-refractivity contribution in [2.24, 2.45) is 0 Å². The van der Waals surface area contributed by atoms with Crippen molar-refractivity contribution in [2.75, 3.05) is 6.54 Å². The van der Waals surface area contributed by atoms with Gasteiger partial charge in [-0.15, -0.1) is 0 Å². The van der Waals surface area contributed by atoms with Crippen LogP contribution in [0.3, 0.4) is 0 Å². The number of hydrogen-bond acceptors (Lipinski definition) is 3. The molecule has 1 N–H and O–H groups in total. The first-order valence-corrected chi connectivity index (χ1v) is 5.12. The van der Waals surface area contributed by atoms with E-state index >= 15 is 0 Å². The number of hydrogen-bond donors (Lipinski definition) is 1. The molecule has 0 atom stereocenters. The third-order valence-electron chi connectivity index (χ3n) is 2.29. The Morgan fingerprint density at radius 3 is 3.20 bits per heavy atom. The molecule has 0 saturated carbocycles. The molecule has 0 radical (unpaired) electrons. The maximum absolute atomic E-state index is 5.45. The fourth-order valence-corrected chi connectivity index (χ4v) is 1.47. The van der Waals surface area contributed by atoms with Gasteiger partial charge in [-0.3, -0.25) is 0 Å². The van der Waals surface area contributed by atoms with Crippen molar-refractivity contribution in [1.29, 1.82) is 0 Å². The summed E-state index contributed by atoms with van der Waals surface area (Å²) in [4.78, 5) is 4.00. The molecule has 0 bridgehead atoms. The highest BCUT2D eigenvalue weighted by molar-refractivity contribution is 5.17. The zero-order chi connectivity index (χ0) is 10.5. The maximum Gasteiger partial charge on any atom is 0.127 e. The molecule has 15 heavy (non-hydrogen) atoms. The Morgan fingerprint density at radius 1 is 1.53 bits per heavy atom. The van der Waals surface area contributed by atoms with Gasteiger partial charge in [-0.2, -0.15) is 0 Å². The van der Waals surface area contributed by atoms with E-state index in [4.69, 9.17) is 4.42 Å². The highest BCUT2D eigenvalue weighted by atomic mass is 16.3. The van der Waals surface area contributed by atoms with E-state index in [-0.39, 0.29) is 0 Å². The second-order valence-corrected chi connectivity index (χ2v) is 3.38. The molecule has 0 aromatic carbocycles. The maximum atomic E-state index is 5.45. The molecule has 0 amide bonds. The topological polar surface area (TPSA) is 43.0 Å². The molecular formula is C11H15N3O. The molecule has 0 aliphatic heterocycles. The van der Waals surface area contributed by atoms with Gasteiger partial charge in [0.1, 0.15) is 5.76 Å². The van der Waals surface area contributed by atoms with E-state index in [0.29, 0.717) is 0 Å². The standard InChI is InChI=1S/C11H15N3O/c1-2-12-7-10-3-6-15-11(10)8-14-5-4-13-9-14/h3-6,9,12H,2,7-8H2,1H3. The Kier molecular flexibility index (Phi) is 3.19. The van der Waals surface area contributed by atoms with Crippen molar-refractivity contribution in [2.45, 2.75) is 20.0 Å². The number of aromatic nitrogens is 2. The first-order valence-electron chi connectivity index (χ1n) is 5.12. The second-order valence-electron chi connectivity index (χ2n) is 3.38. The van der Waals surface area contributed by atoms with Gasteiger partial charge in [0.15, 0.2) is 0 Å². The van der Waals surface area contributed by atoms with Gasteiger partial charge in [0, 0.05) is 24.5 Å². The fraction of sp³-hybridized carbons (Fsp3) is 0.364. The molecule has 0 unspecified atom stereocenters. The van der Waals surface area contributed by atoms with Crippen LogP contribution >= 0.6 is 0 Å². The average Bonchev–Trinajstić information content (AvgIpc) is 2.87. The molecule has 4 heteroatoms. The van der Waals surface area contributed by atoms with E-state index in [2.05, 4.69) is 17.2 Å². The van der Waals surface area contributed by atoms with Crippen molar-refractivity contribution in [3.63, 3.8) is 0 Å². The van der Waals surface area contributed by atoms with Crippen LogP contribution in [0, 0.1) is 0 Å². The third kappa shape index (κ3) is 2.47. The van der Waals surface area contributed by atoms with Crippen LogP contribution in [0.15, 0.2) is 35.5 Å². The molecule has 0 aliphatic carbocycles. The van der Waals surface area contributed by atoms with Crippen LogP contribution < -0.4 is 5.32 Å². The second kappa shape index (κ2) is 4.79. The molecule has 2 aromatic heterocycles. The minimum atomic E-state index is 0.744. The highest BCUT2D eigenvalue weighted by Crippen LogP contribution is 2.11. The molecule has 2 heterocycles. The van der Waals surface area contributed by atoms with Gasteiger partial charge in [-0.1, -0.05) is 6.92 Å². The van der Waals surface area contributed by atoms with Gasteiger partial charge in [-0.05, 0) is 12.6 Å². The third-order valence-corrected chi connectivity index (χ3v) is 2.29. The zero-order valence-corrected chi connectivity index (χ0v) is 8.81. The summed E-state index contributed by atoms with van der Waals surface area (Å²) in [5, 5.41) is 3.29. The predicted molar refractivity (Wildman–Crippen MR) is 57.4 cm³/mol. The summed E-state index contributed by atoms with van der Waals surface area (Å²) < 4.78 is 7.44. The highest BCUT2D eigenvalue weighted by Gasteiger charge is 2.05. The van der Waals surface area contributed by atoms with Gasteiger partial charge >= 0.3 is 0 Å². The summed E-state index contributed by atoms with van der Waals surface area (Å²) in [6.45, 7) is 4.66. The molecule has 0 saturated heterocycles. The van der Waals surface area contributed by atoms with Crippen LogP contribution in [0.5, 0.6) is 0 Å². The summed E-state index contributed by atoms with van der Waals surface area (Å²) in [6.07, 6.45) is 7.23. The van der Waals surface area contributed by atoms with E-state index in [1.807, 2.05) is 16.8 Å². The van der Waals surface area contributed by atoms with Crippen LogP contribution in [-0.2, 0) is 13.1 Å². The molecular weight excluding hydrogens is 190 g/mol. The SMILES string of the molecule is CCNCc1ccoc1Cn1ccnc1. The average molecular weight is 205 g/mol. The van der Waals surface area contributed by atoms with Crippen molar-refractivity contribution in [1.82, 2.24) is 14.9 Å². The van der Waals surface area contributed by atoms with Crippen LogP contribution in [0.4, 0.5) is 0 Å². The smallest absolute Gasteiger partial charge is 0.127 e. The monoisotopic (exact) mass is 205 g/mol. The van der Waals surface area contributed by atoms with Crippen molar-refractivity contribution in [3.8, 4) is 0 Å². The Balaban J connectivity index is 2.04. The van der Waals surface area contributed by atoms with Crippen LogP contribution in [-0.4, -0.2) is 16.1 Å². The largest absolute Gasteiger partial charge is 0.467 e. The summed E-state index contributed by atoms with van der Waals surface area (Å²) in [5.74, 6) is 0.994. The molecule has 0 spiro atoms. The van der Waals surface area contributed by atoms with E-state index in [0.717, 1.165) is 25.4 Å². The van der Waals surface area contributed by atoms with Gasteiger partial charge in [0.2, 0.25) is 0 Å². The molecule has 0 aliphatic rings. The van der Waals surface area contributed by atoms with Crippen molar-refractivity contribution >= 4 is 0 Å². The van der Waals surface area contributed by atoms with Gasteiger partial charge in [0.05, 0.1) is 19.1 Å². The number of furan rings is 1. The summed E-state index contributed by atoms with van der Waals surface area (Å²) in [5.41, 5.74) is 1.21. The Labute approximate surface area is 88.9 Å². The Hall–Kier alpha value is -1.55. The lowest BCUT2D eigenvalue weighted by molar-refractivity contribution is 0.486. The normalized spacial score (nSPS) is 10.7. The summed E-state index contributed by atoms with van der Waals surface area (Å²) in [7, 11) is 0. The predicted octanol–water partition coefficient (Wildman–Crippen LogP) is 1.63. The lowest BCUT2D eigenvalue weighted by atomic mass is 10.2. The number of imidazole rings is 1. The molecule has 2 aromatic rings. The molecule has 0 fully saturated rings. The van der Waals surface area contributed by atoms with Crippen molar-refractivity contribution in [3.05, 3.63) is 42.4 Å². The lowest BCUT2D eigenvalue weighted by Crippen LogP contribution is -2.12. The van der Waals surface area contributed by atoms with Crippen molar-refractivity contribution < 1.29 is 4.42 Å². The number of nitrogens with zero attached hydrogens (tertiary/aromatic N) is 2. The zero-order valence-electron chi connectivity index (χ0n) is 8.81. The van der Waals surface area contributed by atoms with Crippen LogP contribution in [0.25, 0.3) is 0 Å².